The number of aliphatic imine (C=N–C) groups is 1. The number of ether oxygens (including phenoxy) is 3. The molecule has 22 heavy (non-hydrogen) atoms. The van der Waals surface area contributed by atoms with Crippen molar-refractivity contribution in [1.82, 2.24) is 0 Å². The van der Waals surface area contributed by atoms with Crippen molar-refractivity contribution in [3.05, 3.63) is 30.5 Å². The van der Waals surface area contributed by atoms with E-state index in [1.807, 2.05) is 12.1 Å². The van der Waals surface area contributed by atoms with Crippen molar-refractivity contribution >= 4 is 69.1 Å². The van der Waals surface area contributed by atoms with Gasteiger partial charge in [0, 0.05) is 6.92 Å². The maximum atomic E-state index is 11.6. The minimum absolute atomic E-state index is 0.154. The van der Waals surface area contributed by atoms with Gasteiger partial charge in [-0.15, -0.1) is 0 Å². The maximum absolute atomic E-state index is 11.6. The van der Waals surface area contributed by atoms with Crippen molar-refractivity contribution in [3.8, 4) is 5.75 Å². The molecule has 0 saturated carbocycles. The second-order valence-corrected chi connectivity index (χ2v) is 6.55. The van der Waals surface area contributed by atoms with Gasteiger partial charge in [0.25, 0.3) is 0 Å². The lowest BCUT2D eigenvalue weighted by Crippen LogP contribution is -2.13. The van der Waals surface area contributed by atoms with Gasteiger partial charge in [0.1, 0.15) is 5.75 Å². The van der Waals surface area contributed by atoms with Crippen molar-refractivity contribution < 1.29 is 23.8 Å². The third-order valence-corrected chi connectivity index (χ3v) is 4.22. The Kier molecular flexibility index (Phi) is 5.78. The lowest BCUT2D eigenvalue weighted by atomic mass is 10.2. The molecule has 0 spiro atoms. The number of esters is 2. The molecule has 0 aromatic heterocycles. The third-order valence-electron chi connectivity index (χ3n) is 2.61. The Labute approximate surface area is 154 Å². The zero-order chi connectivity index (χ0) is 16.3. The Bertz CT molecular complexity index is 673. The first-order valence-corrected chi connectivity index (χ1v) is 8.24. The first-order chi connectivity index (χ1) is 10.4. The maximum Gasteiger partial charge on any atom is 0.363 e. The highest BCUT2D eigenvalue weighted by atomic mass is 127. The van der Waals surface area contributed by atoms with Crippen LogP contribution in [0.2, 0.25) is 0 Å². The summed E-state index contributed by atoms with van der Waals surface area (Å²) in [4.78, 5) is 26.7. The van der Waals surface area contributed by atoms with Crippen LogP contribution in [-0.2, 0) is 19.1 Å². The number of carbonyl (C=O) groups is 2. The fourth-order valence-corrected chi connectivity index (χ4v) is 3.79. The highest BCUT2D eigenvalue weighted by Crippen LogP contribution is 2.30. The molecule has 0 unspecified atom stereocenters. The normalized spacial score (nSPS) is 15.5. The third kappa shape index (κ3) is 4.18. The van der Waals surface area contributed by atoms with E-state index in [1.54, 1.807) is 13.0 Å². The van der Waals surface area contributed by atoms with Crippen molar-refractivity contribution in [3.63, 3.8) is 0 Å². The minimum atomic E-state index is -0.464. The summed E-state index contributed by atoms with van der Waals surface area (Å²) in [5.41, 5.74) is 1.05. The van der Waals surface area contributed by atoms with E-state index in [4.69, 9.17) is 9.47 Å². The van der Waals surface area contributed by atoms with Gasteiger partial charge >= 0.3 is 11.9 Å². The zero-order valence-electron chi connectivity index (χ0n) is 11.7. The van der Waals surface area contributed by atoms with Crippen molar-refractivity contribution in [1.29, 1.82) is 0 Å². The summed E-state index contributed by atoms with van der Waals surface area (Å²) in [6.45, 7) is 1.47. The number of benzene rings is 1. The molecule has 0 N–H and O–H groups in total. The minimum Gasteiger partial charge on any atom is -0.480 e. The molecular formula is C14H11I2NO5. The standard InChI is InChI=1S/C14H11I2NO5/c1-7-17-11(14(19)22-7)5-8-3-9(15)13(10(16)4-8)21-6-12(18)20-2/h3-5H,6H2,1-2H3/b11-5-. The van der Waals surface area contributed by atoms with Gasteiger partial charge in [-0.05, 0) is 69.0 Å². The SMILES string of the molecule is COC(=O)COc1c(I)cc(/C=C2\N=C(C)OC2=O)cc1I. The van der Waals surface area contributed by atoms with Gasteiger partial charge in [-0.3, -0.25) is 0 Å². The largest absolute Gasteiger partial charge is 0.480 e. The van der Waals surface area contributed by atoms with Crippen molar-refractivity contribution in [2.24, 2.45) is 4.99 Å². The summed E-state index contributed by atoms with van der Waals surface area (Å²) in [6.07, 6.45) is 1.65. The molecule has 6 nitrogen and oxygen atoms in total. The second-order valence-electron chi connectivity index (χ2n) is 4.23. The topological polar surface area (TPSA) is 74.2 Å². The van der Waals surface area contributed by atoms with Crippen LogP contribution < -0.4 is 4.74 Å². The van der Waals surface area contributed by atoms with Crippen LogP contribution in [0.3, 0.4) is 0 Å². The average Bonchev–Trinajstić information content (AvgIpc) is 2.75. The van der Waals surface area contributed by atoms with E-state index in [0.717, 1.165) is 12.7 Å². The lowest BCUT2D eigenvalue weighted by Gasteiger charge is -2.10. The molecule has 0 aliphatic carbocycles. The zero-order valence-corrected chi connectivity index (χ0v) is 16.0. The van der Waals surface area contributed by atoms with Gasteiger partial charge in [-0.1, -0.05) is 0 Å². The van der Waals surface area contributed by atoms with Crippen LogP contribution in [0, 0.1) is 7.14 Å². The molecule has 8 heteroatoms. The molecule has 1 aromatic rings. The summed E-state index contributed by atoms with van der Waals surface area (Å²) in [6, 6.07) is 3.66. The van der Waals surface area contributed by atoms with Crippen molar-refractivity contribution in [2.75, 3.05) is 13.7 Å². The van der Waals surface area contributed by atoms with Crippen LogP contribution in [0.5, 0.6) is 5.75 Å². The Morgan fingerprint density at radius 2 is 2.00 bits per heavy atom. The van der Waals surface area contributed by atoms with Gasteiger partial charge in [0.15, 0.2) is 18.2 Å². The van der Waals surface area contributed by atoms with Gasteiger partial charge in [-0.2, -0.15) is 0 Å². The molecule has 0 atom stereocenters. The summed E-state index contributed by atoms with van der Waals surface area (Å²) in [7, 11) is 1.31. The van der Waals surface area contributed by atoms with E-state index in [9.17, 15) is 9.59 Å². The van der Waals surface area contributed by atoms with Crippen LogP contribution >= 0.6 is 45.2 Å². The Morgan fingerprint density at radius 3 is 2.50 bits per heavy atom. The molecule has 1 aliphatic rings. The molecule has 0 amide bonds. The Hall–Kier alpha value is -1.17. The van der Waals surface area contributed by atoms with Gasteiger partial charge in [0.05, 0.1) is 14.3 Å². The van der Waals surface area contributed by atoms with E-state index >= 15 is 0 Å². The number of hydrogen-bond acceptors (Lipinski definition) is 6. The van der Waals surface area contributed by atoms with Crippen LogP contribution in [-0.4, -0.2) is 31.6 Å². The molecule has 1 heterocycles. The second kappa shape index (κ2) is 7.40. The van der Waals surface area contributed by atoms with Gasteiger partial charge in [-0.25, -0.2) is 14.6 Å². The van der Waals surface area contributed by atoms with Gasteiger partial charge < -0.3 is 14.2 Å². The molecule has 1 aliphatic heterocycles. The summed E-state index contributed by atoms with van der Waals surface area (Å²) in [5, 5.41) is 0. The number of carbonyl (C=O) groups excluding carboxylic acids is 2. The average molecular weight is 527 g/mol. The Morgan fingerprint density at radius 1 is 1.36 bits per heavy atom. The molecule has 116 valence electrons. The summed E-state index contributed by atoms with van der Waals surface area (Å²) >= 11 is 4.21. The first kappa shape index (κ1) is 17.2. The van der Waals surface area contributed by atoms with Crippen LogP contribution in [0.4, 0.5) is 0 Å². The smallest absolute Gasteiger partial charge is 0.363 e. The summed E-state index contributed by atoms with van der Waals surface area (Å²) < 4.78 is 16.5. The predicted octanol–water partition coefficient (Wildman–Crippen LogP) is 2.76. The quantitative estimate of drug-likeness (QED) is 0.343. The fourth-order valence-electron chi connectivity index (χ4n) is 1.66. The lowest BCUT2D eigenvalue weighted by molar-refractivity contribution is -0.143. The van der Waals surface area contributed by atoms with Gasteiger partial charge in [0.2, 0.25) is 0 Å². The summed E-state index contributed by atoms with van der Waals surface area (Å²) in [5.74, 6) is 0.0194. The van der Waals surface area contributed by atoms with E-state index in [1.165, 1.54) is 7.11 Å². The molecule has 0 radical (unpaired) electrons. The number of rotatable bonds is 4. The molecule has 0 saturated heterocycles. The number of methoxy groups -OCH3 is 1. The van der Waals surface area contributed by atoms with E-state index < -0.39 is 11.9 Å². The number of nitrogens with zero attached hydrogens (tertiary/aromatic N) is 1. The van der Waals surface area contributed by atoms with Crippen molar-refractivity contribution in [2.45, 2.75) is 6.92 Å². The highest BCUT2D eigenvalue weighted by molar-refractivity contribution is 14.1. The van der Waals surface area contributed by atoms with E-state index in [2.05, 4.69) is 54.9 Å². The first-order valence-electron chi connectivity index (χ1n) is 6.08. The number of hydrogen-bond donors (Lipinski definition) is 0. The molecule has 0 bridgehead atoms. The molecule has 2 rings (SSSR count). The van der Waals surface area contributed by atoms with Crippen LogP contribution in [0.25, 0.3) is 6.08 Å². The fraction of sp³-hybridized carbons (Fsp3) is 0.214. The molecule has 1 aromatic carbocycles. The monoisotopic (exact) mass is 527 g/mol. The number of halogens is 2. The highest BCUT2D eigenvalue weighted by Gasteiger charge is 2.20. The van der Waals surface area contributed by atoms with E-state index in [-0.39, 0.29) is 12.3 Å². The van der Waals surface area contributed by atoms with Crippen LogP contribution in [0.1, 0.15) is 12.5 Å². The predicted molar refractivity (Wildman–Crippen MR) is 96.6 cm³/mol. The van der Waals surface area contributed by atoms with Crippen LogP contribution in [0.15, 0.2) is 22.8 Å². The number of cyclic esters (lactones) is 1. The Balaban J connectivity index is 2.25. The molecule has 0 fully saturated rings. The molecular weight excluding hydrogens is 516 g/mol. The van der Waals surface area contributed by atoms with E-state index in [0.29, 0.717) is 11.6 Å².